The van der Waals surface area contributed by atoms with Crippen LogP contribution in [0.4, 0.5) is 5.69 Å². The van der Waals surface area contributed by atoms with Gasteiger partial charge in [0.25, 0.3) is 0 Å². The quantitative estimate of drug-likeness (QED) is 0.920. The van der Waals surface area contributed by atoms with Crippen LogP contribution in [-0.4, -0.2) is 23.9 Å². The SMILES string of the molecule is Cc1ccc(C)c(NC(=O)CN2CCC[C@@H]2c2cccs2)c1. The fraction of sp³-hybridized carbons (Fsp3) is 0.389. The van der Waals surface area contributed by atoms with Crippen molar-refractivity contribution in [3.63, 3.8) is 0 Å². The second-order valence-electron chi connectivity index (χ2n) is 6.01. The van der Waals surface area contributed by atoms with Crippen LogP contribution in [0.5, 0.6) is 0 Å². The second kappa shape index (κ2) is 6.63. The van der Waals surface area contributed by atoms with E-state index < -0.39 is 0 Å². The minimum absolute atomic E-state index is 0.0807. The fourth-order valence-corrected chi connectivity index (χ4v) is 3.96. The van der Waals surface area contributed by atoms with E-state index in [1.54, 1.807) is 11.3 Å². The van der Waals surface area contributed by atoms with E-state index in [0.717, 1.165) is 24.2 Å². The molecule has 0 spiro atoms. The van der Waals surface area contributed by atoms with E-state index in [-0.39, 0.29) is 5.91 Å². The molecule has 1 aliphatic heterocycles. The summed E-state index contributed by atoms with van der Waals surface area (Å²) in [6, 6.07) is 10.8. The molecule has 1 saturated heterocycles. The molecular weight excluding hydrogens is 292 g/mol. The van der Waals surface area contributed by atoms with E-state index in [0.29, 0.717) is 12.6 Å². The van der Waals surface area contributed by atoms with Gasteiger partial charge in [0.1, 0.15) is 0 Å². The zero-order valence-electron chi connectivity index (χ0n) is 13.1. The van der Waals surface area contributed by atoms with Crippen LogP contribution in [0.1, 0.15) is 34.9 Å². The average molecular weight is 314 g/mol. The van der Waals surface area contributed by atoms with Gasteiger partial charge in [0.05, 0.1) is 6.54 Å². The van der Waals surface area contributed by atoms with Crippen molar-refractivity contribution in [1.29, 1.82) is 0 Å². The number of amides is 1. The minimum Gasteiger partial charge on any atom is -0.325 e. The van der Waals surface area contributed by atoms with Crippen LogP contribution in [0.2, 0.25) is 0 Å². The third kappa shape index (κ3) is 3.39. The molecule has 1 fully saturated rings. The summed E-state index contributed by atoms with van der Waals surface area (Å²) in [5.41, 5.74) is 3.20. The van der Waals surface area contributed by atoms with Crippen molar-refractivity contribution < 1.29 is 4.79 Å². The Morgan fingerprint density at radius 2 is 2.23 bits per heavy atom. The Kier molecular flexibility index (Phi) is 4.60. The number of nitrogens with zero attached hydrogens (tertiary/aromatic N) is 1. The van der Waals surface area contributed by atoms with Crippen LogP contribution in [0.3, 0.4) is 0 Å². The molecule has 1 aliphatic rings. The maximum atomic E-state index is 12.4. The Labute approximate surface area is 136 Å². The van der Waals surface area contributed by atoms with Gasteiger partial charge in [-0.1, -0.05) is 18.2 Å². The zero-order valence-corrected chi connectivity index (χ0v) is 14.0. The van der Waals surface area contributed by atoms with E-state index in [9.17, 15) is 4.79 Å². The highest BCUT2D eigenvalue weighted by atomic mass is 32.1. The van der Waals surface area contributed by atoms with Gasteiger partial charge in [-0.25, -0.2) is 0 Å². The van der Waals surface area contributed by atoms with Crippen molar-refractivity contribution in [3.8, 4) is 0 Å². The van der Waals surface area contributed by atoms with E-state index in [2.05, 4.69) is 39.9 Å². The molecule has 0 radical (unpaired) electrons. The first-order chi connectivity index (χ1) is 10.6. The number of aryl methyl sites for hydroxylation is 2. The van der Waals surface area contributed by atoms with Gasteiger partial charge >= 0.3 is 0 Å². The molecule has 1 aromatic carbocycles. The number of likely N-dealkylation sites (tertiary alicyclic amines) is 1. The van der Waals surface area contributed by atoms with Gasteiger partial charge in [0.15, 0.2) is 0 Å². The van der Waals surface area contributed by atoms with Gasteiger partial charge in [-0.2, -0.15) is 0 Å². The smallest absolute Gasteiger partial charge is 0.238 e. The summed E-state index contributed by atoms with van der Waals surface area (Å²) < 4.78 is 0. The van der Waals surface area contributed by atoms with Crippen molar-refractivity contribution in [2.75, 3.05) is 18.4 Å². The minimum atomic E-state index is 0.0807. The molecule has 2 aromatic rings. The van der Waals surface area contributed by atoms with Crippen molar-refractivity contribution in [3.05, 3.63) is 51.7 Å². The molecule has 0 bridgehead atoms. The molecule has 1 N–H and O–H groups in total. The van der Waals surface area contributed by atoms with Crippen LogP contribution >= 0.6 is 11.3 Å². The van der Waals surface area contributed by atoms with Crippen molar-refractivity contribution >= 4 is 22.9 Å². The molecule has 116 valence electrons. The molecule has 0 aliphatic carbocycles. The van der Waals surface area contributed by atoms with Crippen LogP contribution < -0.4 is 5.32 Å². The molecule has 3 nitrogen and oxygen atoms in total. The van der Waals surface area contributed by atoms with E-state index in [4.69, 9.17) is 0 Å². The lowest BCUT2D eigenvalue weighted by atomic mass is 10.1. The van der Waals surface area contributed by atoms with Crippen molar-refractivity contribution in [2.24, 2.45) is 0 Å². The molecule has 1 amide bonds. The standard InChI is InChI=1S/C18H22N2OS/c1-13-7-8-14(2)15(11-13)19-18(21)12-20-9-3-5-16(20)17-6-4-10-22-17/h4,6-8,10-11,16H,3,5,9,12H2,1-2H3,(H,19,21)/t16-/m1/s1. The Morgan fingerprint density at radius 1 is 1.36 bits per heavy atom. The number of rotatable bonds is 4. The number of hydrogen-bond donors (Lipinski definition) is 1. The predicted molar refractivity (Wildman–Crippen MR) is 92.4 cm³/mol. The number of carbonyl (C=O) groups is 1. The zero-order chi connectivity index (χ0) is 15.5. The monoisotopic (exact) mass is 314 g/mol. The summed E-state index contributed by atoms with van der Waals surface area (Å²) in [7, 11) is 0. The van der Waals surface area contributed by atoms with Gasteiger partial charge in [-0.05, 0) is 61.9 Å². The first-order valence-corrected chi connectivity index (χ1v) is 8.66. The molecule has 1 aromatic heterocycles. The van der Waals surface area contributed by atoms with Crippen LogP contribution in [0.15, 0.2) is 35.7 Å². The second-order valence-corrected chi connectivity index (χ2v) is 6.99. The largest absolute Gasteiger partial charge is 0.325 e. The topological polar surface area (TPSA) is 32.3 Å². The van der Waals surface area contributed by atoms with Crippen LogP contribution in [0.25, 0.3) is 0 Å². The summed E-state index contributed by atoms with van der Waals surface area (Å²) >= 11 is 1.79. The maximum Gasteiger partial charge on any atom is 0.238 e. The Balaban J connectivity index is 1.65. The Hall–Kier alpha value is -1.65. The Morgan fingerprint density at radius 3 is 3.00 bits per heavy atom. The van der Waals surface area contributed by atoms with Gasteiger partial charge in [0.2, 0.25) is 5.91 Å². The van der Waals surface area contributed by atoms with Gasteiger partial charge in [-0.15, -0.1) is 11.3 Å². The highest BCUT2D eigenvalue weighted by molar-refractivity contribution is 7.10. The van der Waals surface area contributed by atoms with Crippen LogP contribution in [-0.2, 0) is 4.79 Å². The average Bonchev–Trinajstić information content (AvgIpc) is 3.13. The molecule has 0 unspecified atom stereocenters. The van der Waals surface area contributed by atoms with Crippen molar-refractivity contribution in [1.82, 2.24) is 4.90 Å². The fourth-order valence-electron chi connectivity index (χ4n) is 3.06. The predicted octanol–water partition coefficient (Wildman–Crippen LogP) is 4.14. The summed E-state index contributed by atoms with van der Waals surface area (Å²) in [5.74, 6) is 0.0807. The molecule has 2 heterocycles. The number of hydrogen-bond acceptors (Lipinski definition) is 3. The molecule has 22 heavy (non-hydrogen) atoms. The van der Waals surface area contributed by atoms with E-state index >= 15 is 0 Å². The highest BCUT2D eigenvalue weighted by Crippen LogP contribution is 2.34. The van der Waals surface area contributed by atoms with Gasteiger partial charge < -0.3 is 5.32 Å². The molecule has 3 rings (SSSR count). The Bertz CT molecular complexity index is 651. The normalized spacial score (nSPS) is 18.5. The van der Waals surface area contributed by atoms with E-state index in [1.807, 2.05) is 19.9 Å². The number of benzene rings is 1. The molecule has 4 heteroatoms. The summed E-state index contributed by atoms with van der Waals surface area (Å²) in [4.78, 5) is 16.1. The maximum absolute atomic E-state index is 12.4. The van der Waals surface area contributed by atoms with Gasteiger partial charge in [0, 0.05) is 16.6 Å². The highest BCUT2D eigenvalue weighted by Gasteiger charge is 2.28. The molecular formula is C18H22N2OS. The first-order valence-electron chi connectivity index (χ1n) is 7.78. The van der Waals surface area contributed by atoms with Crippen LogP contribution in [0, 0.1) is 13.8 Å². The lowest BCUT2D eigenvalue weighted by Gasteiger charge is -2.23. The third-order valence-corrected chi connectivity index (χ3v) is 5.22. The number of thiophene rings is 1. The lowest BCUT2D eigenvalue weighted by molar-refractivity contribution is -0.117. The van der Waals surface area contributed by atoms with Crippen molar-refractivity contribution in [2.45, 2.75) is 32.7 Å². The molecule has 0 saturated carbocycles. The number of nitrogens with one attached hydrogen (secondary N) is 1. The lowest BCUT2D eigenvalue weighted by Crippen LogP contribution is -2.32. The third-order valence-electron chi connectivity index (χ3n) is 4.25. The number of carbonyl (C=O) groups excluding carboxylic acids is 1. The van der Waals surface area contributed by atoms with E-state index in [1.165, 1.54) is 16.9 Å². The first kappa shape index (κ1) is 15.3. The summed E-state index contributed by atoms with van der Waals surface area (Å²) in [5, 5.41) is 5.18. The summed E-state index contributed by atoms with van der Waals surface area (Å²) in [6.45, 7) is 5.54. The number of anilines is 1. The molecule has 1 atom stereocenters. The summed E-state index contributed by atoms with van der Waals surface area (Å²) in [6.07, 6.45) is 2.32. The van der Waals surface area contributed by atoms with Gasteiger partial charge in [-0.3, -0.25) is 9.69 Å².